The number of likely N-dealkylation sites (N-methyl/N-ethyl adjacent to an activating group) is 3. The third-order valence-electron chi connectivity index (χ3n) is 8.28. The van der Waals surface area contributed by atoms with Crippen molar-refractivity contribution in [1.29, 1.82) is 0 Å². The number of rotatable bonds is 1. The van der Waals surface area contributed by atoms with Gasteiger partial charge in [-0.25, -0.2) is 17.6 Å². The molecule has 4 aromatic rings. The summed E-state index contributed by atoms with van der Waals surface area (Å²) >= 11 is 0. The third kappa shape index (κ3) is 6.70. The summed E-state index contributed by atoms with van der Waals surface area (Å²) in [5.74, 6) is -5.24. The van der Waals surface area contributed by atoms with Crippen LogP contribution in [0.25, 0.3) is 0 Å². The van der Waals surface area contributed by atoms with Crippen LogP contribution in [0, 0.1) is 33.4 Å². The summed E-state index contributed by atoms with van der Waals surface area (Å²) < 4.78 is 52.6. The number of para-hydroxylation sites is 3. The highest BCUT2D eigenvalue weighted by Gasteiger charge is 2.35. The summed E-state index contributed by atoms with van der Waals surface area (Å²) in [6.07, 6.45) is 0.341. The van der Waals surface area contributed by atoms with E-state index in [0.717, 1.165) is 16.5 Å². The van der Waals surface area contributed by atoms with Gasteiger partial charge in [0.1, 0.15) is 17.5 Å². The second-order valence-electron chi connectivity index (χ2n) is 11.5. The molecule has 4 aromatic carbocycles. The fourth-order valence-corrected chi connectivity index (χ4v) is 5.69. The number of hydrogen-bond donors (Lipinski definition) is 1. The summed E-state index contributed by atoms with van der Waals surface area (Å²) in [7, 11) is 4.43. The lowest BCUT2D eigenvalue weighted by Gasteiger charge is -2.10. The maximum Gasteiger partial charge on any atom is 0.299 e. The van der Waals surface area contributed by atoms with Crippen LogP contribution in [0.2, 0.25) is 0 Å². The molecule has 4 amide bonds. The number of anilines is 4. The molecule has 0 fully saturated rings. The zero-order valence-corrected chi connectivity index (χ0v) is 27.3. The van der Waals surface area contributed by atoms with Gasteiger partial charge in [-0.15, -0.1) is 0 Å². The van der Waals surface area contributed by atoms with Gasteiger partial charge >= 0.3 is 0 Å². The quantitative estimate of drug-likeness (QED) is 0.130. The molecule has 0 aliphatic carbocycles. The Labute approximate surface area is 291 Å². The monoisotopic (exact) mass is 719 g/mol. The van der Waals surface area contributed by atoms with Crippen LogP contribution in [-0.2, 0) is 32.0 Å². The summed E-state index contributed by atoms with van der Waals surface area (Å²) in [6, 6.07) is 14.9. The highest BCUT2D eigenvalue weighted by molar-refractivity contribution is 6.52. The average molecular weight is 720 g/mol. The lowest BCUT2D eigenvalue weighted by Crippen LogP contribution is -2.25. The van der Waals surface area contributed by atoms with Crippen LogP contribution >= 0.6 is 0 Å². The van der Waals surface area contributed by atoms with Crippen molar-refractivity contribution in [3.05, 3.63) is 122 Å². The molecule has 17 heteroatoms. The standard InChI is InChI=1S/C9H7FN2O3.C9H6FNO2.C9H8FNO.C8H4FNO2/c1-11-8(13)3-5-2-6(12(14)15)4-7(10)9(5)11;1-11-7-5(8(12)9(11)13)3-2-4-6(7)10;1-11-8(12)5-6-3-2-4-7(10)9(6)11;9-5-3-1-2-4-6(5)10-8(12)7(4)11/h2,4H,3H2,1H3;2-4H,1H3;2-4H,5H2,1H3;1-3H,(H,10,11,12). The highest BCUT2D eigenvalue weighted by Crippen LogP contribution is 2.34. The molecular formula is C35H25F4N5O8. The van der Waals surface area contributed by atoms with Crippen LogP contribution in [0.3, 0.4) is 0 Å². The normalized spacial score (nSPS) is 14.7. The van der Waals surface area contributed by atoms with Gasteiger partial charge in [-0.2, -0.15) is 0 Å². The molecule has 0 bridgehead atoms. The predicted molar refractivity (Wildman–Crippen MR) is 177 cm³/mol. The molecule has 0 radical (unpaired) electrons. The molecule has 0 unspecified atom stereocenters. The van der Waals surface area contributed by atoms with E-state index < -0.39 is 45.8 Å². The van der Waals surface area contributed by atoms with E-state index in [1.165, 1.54) is 72.4 Å². The van der Waals surface area contributed by atoms with Gasteiger partial charge in [-0.1, -0.05) is 24.3 Å². The fraction of sp³-hybridized carbons (Fsp3) is 0.143. The molecule has 0 saturated carbocycles. The number of non-ortho nitro benzene ring substituents is 1. The first-order valence-corrected chi connectivity index (χ1v) is 15.1. The molecule has 4 heterocycles. The largest absolute Gasteiger partial charge is 0.316 e. The Morgan fingerprint density at radius 1 is 0.615 bits per heavy atom. The second kappa shape index (κ2) is 14.2. The zero-order chi connectivity index (χ0) is 38.2. The Morgan fingerprint density at radius 3 is 1.69 bits per heavy atom. The molecule has 0 atom stereocenters. The summed E-state index contributed by atoms with van der Waals surface area (Å²) in [6.45, 7) is 0. The summed E-state index contributed by atoms with van der Waals surface area (Å²) in [5, 5.41) is 12.6. The average Bonchev–Trinajstić information content (AvgIpc) is 3.75. The second-order valence-corrected chi connectivity index (χ2v) is 11.5. The Kier molecular flexibility index (Phi) is 9.98. The number of fused-ring (bicyclic) bond motifs is 4. The zero-order valence-electron chi connectivity index (χ0n) is 27.3. The van der Waals surface area contributed by atoms with Crippen molar-refractivity contribution in [3.8, 4) is 0 Å². The lowest BCUT2D eigenvalue weighted by molar-refractivity contribution is -0.385. The van der Waals surface area contributed by atoms with Gasteiger partial charge in [0, 0.05) is 27.2 Å². The van der Waals surface area contributed by atoms with Gasteiger partial charge in [0.25, 0.3) is 29.1 Å². The van der Waals surface area contributed by atoms with Crippen molar-refractivity contribution in [2.75, 3.05) is 41.2 Å². The number of Topliss-reactive ketones (excluding diaryl/α,β-unsaturated/α-hetero) is 2. The van der Waals surface area contributed by atoms with Crippen molar-refractivity contribution in [1.82, 2.24) is 0 Å². The minimum absolute atomic E-state index is 0.00694. The number of benzene rings is 4. The van der Waals surface area contributed by atoms with E-state index in [0.29, 0.717) is 17.7 Å². The van der Waals surface area contributed by atoms with Gasteiger partial charge in [0.15, 0.2) is 5.82 Å². The molecule has 52 heavy (non-hydrogen) atoms. The van der Waals surface area contributed by atoms with E-state index in [2.05, 4.69) is 5.32 Å². The number of nitrogens with one attached hydrogen (secondary N) is 1. The van der Waals surface area contributed by atoms with Gasteiger partial charge in [0.05, 0.1) is 57.7 Å². The van der Waals surface area contributed by atoms with Gasteiger partial charge in [-0.05, 0) is 41.5 Å². The Balaban J connectivity index is 0.000000135. The number of hydrogen-bond acceptors (Lipinski definition) is 8. The van der Waals surface area contributed by atoms with Gasteiger partial charge in [0.2, 0.25) is 11.8 Å². The van der Waals surface area contributed by atoms with Crippen molar-refractivity contribution >= 4 is 63.6 Å². The van der Waals surface area contributed by atoms with Crippen molar-refractivity contribution in [2.24, 2.45) is 0 Å². The molecule has 13 nitrogen and oxygen atoms in total. The van der Waals surface area contributed by atoms with Gasteiger partial charge < -0.3 is 20.0 Å². The first-order chi connectivity index (χ1) is 24.5. The van der Waals surface area contributed by atoms with E-state index in [1.54, 1.807) is 19.2 Å². The van der Waals surface area contributed by atoms with E-state index >= 15 is 0 Å². The molecule has 8 rings (SSSR count). The predicted octanol–water partition coefficient (Wildman–Crippen LogP) is 4.54. The highest BCUT2D eigenvalue weighted by atomic mass is 19.1. The van der Waals surface area contributed by atoms with Gasteiger partial charge in [-0.3, -0.25) is 38.9 Å². The van der Waals surface area contributed by atoms with Crippen LogP contribution in [0.15, 0.2) is 66.7 Å². The number of ketones is 2. The van der Waals surface area contributed by atoms with E-state index in [4.69, 9.17) is 0 Å². The molecule has 1 N–H and O–H groups in total. The molecular weight excluding hydrogens is 694 g/mol. The van der Waals surface area contributed by atoms with Crippen LogP contribution < -0.4 is 20.0 Å². The number of amides is 4. The minimum Gasteiger partial charge on any atom is -0.316 e. The van der Waals surface area contributed by atoms with E-state index in [-0.39, 0.29) is 57.9 Å². The number of nitro groups is 1. The van der Waals surface area contributed by atoms with Crippen LogP contribution in [0.1, 0.15) is 31.8 Å². The van der Waals surface area contributed by atoms with Crippen LogP contribution in [0.5, 0.6) is 0 Å². The Bertz CT molecular complexity index is 2250. The van der Waals surface area contributed by atoms with E-state index in [1.807, 2.05) is 0 Å². The molecule has 4 aliphatic rings. The van der Waals surface area contributed by atoms with E-state index in [9.17, 15) is 56.4 Å². The lowest BCUT2D eigenvalue weighted by atomic mass is 10.1. The van der Waals surface area contributed by atoms with Crippen LogP contribution in [-0.4, -0.2) is 61.3 Å². The van der Waals surface area contributed by atoms with Crippen molar-refractivity contribution in [2.45, 2.75) is 12.8 Å². The minimum atomic E-state index is -0.768. The fourth-order valence-electron chi connectivity index (χ4n) is 5.69. The molecule has 266 valence electrons. The topological polar surface area (TPSA) is 167 Å². The number of carbonyl (C=O) groups is 6. The number of nitrogens with zero attached hydrogens (tertiary/aromatic N) is 4. The molecule has 0 spiro atoms. The number of halogens is 4. The number of nitro benzene ring substituents is 1. The maximum atomic E-state index is 13.4. The number of carbonyl (C=O) groups excluding carboxylic acids is 6. The maximum absolute atomic E-state index is 13.4. The first kappa shape index (κ1) is 36.5. The molecule has 0 aromatic heterocycles. The molecule has 4 aliphatic heterocycles. The smallest absolute Gasteiger partial charge is 0.299 e. The first-order valence-electron chi connectivity index (χ1n) is 15.1. The Hall–Kier alpha value is -6.78. The molecule has 0 saturated heterocycles. The summed E-state index contributed by atoms with van der Waals surface area (Å²) in [5.41, 5.74) is 1.73. The SMILES string of the molecule is CN1C(=O)C(=O)c2cccc(F)c21.CN1C(=O)Cc2cc([N+](=O)[O-])cc(F)c21.CN1C(=O)Cc2cccc(F)c21.O=C1Nc2c(F)cccc2C1=O. The van der Waals surface area contributed by atoms with Crippen molar-refractivity contribution in [3.63, 3.8) is 0 Å². The Morgan fingerprint density at radius 2 is 1.13 bits per heavy atom. The summed E-state index contributed by atoms with van der Waals surface area (Å²) in [4.78, 5) is 79.8. The third-order valence-corrected chi connectivity index (χ3v) is 8.28. The van der Waals surface area contributed by atoms with Crippen molar-refractivity contribution < 1.29 is 51.3 Å². The van der Waals surface area contributed by atoms with Crippen LogP contribution in [0.4, 0.5) is 46.0 Å².